The molecule has 31 heavy (non-hydrogen) atoms. The van der Waals surface area contributed by atoms with Crippen LogP contribution in [0.1, 0.15) is 16.7 Å². The van der Waals surface area contributed by atoms with E-state index in [1.54, 1.807) is 4.90 Å². The summed E-state index contributed by atoms with van der Waals surface area (Å²) < 4.78 is 10.8. The highest BCUT2D eigenvalue weighted by Crippen LogP contribution is 2.37. The van der Waals surface area contributed by atoms with E-state index in [1.165, 1.54) is 11.8 Å². The van der Waals surface area contributed by atoms with E-state index in [2.05, 4.69) is 0 Å². The largest absolute Gasteiger partial charge is 0.454 e. The van der Waals surface area contributed by atoms with Crippen LogP contribution in [0.15, 0.2) is 88.8 Å². The molecule has 6 heteroatoms. The van der Waals surface area contributed by atoms with Crippen LogP contribution in [0.3, 0.4) is 0 Å². The van der Waals surface area contributed by atoms with Crippen molar-refractivity contribution in [1.29, 1.82) is 0 Å². The maximum atomic E-state index is 13.3. The van der Waals surface area contributed by atoms with Gasteiger partial charge in [-0.1, -0.05) is 66.7 Å². The van der Waals surface area contributed by atoms with E-state index >= 15 is 0 Å². The van der Waals surface area contributed by atoms with Crippen molar-refractivity contribution in [3.8, 4) is 11.5 Å². The standard InChI is InChI=1S/C25H20N2O3S/c28-24-23(14-20-11-12-21-22(13-20)30-17-29-21)31-25(26-15-18-7-3-1-4-8-18)27(24)16-19-9-5-2-6-10-19/h1-14H,15-17H2/b23-14+,26-25?. The highest BCUT2D eigenvalue weighted by molar-refractivity contribution is 8.18. The molecule has 0 radical (unpaired) electrons. The first-order chi connectivity index (χ1) is 15.3. The number of aliphatic imine (C=N–C) groups is 1. The summed E-state index contributed by atoms with van der Waals surface area (Å²) in [4.78, 5) is 20.4. The minimum atomic E-state index is -0.0432. The van der Waals surface area contributed by atoms with Crippen molar-refractivity contribution in [2.24, 2.45) is 4.99 Å². The van der Waals surface area contributed by atoms with E-state index in [4.69, 9.17) is 14.5 Å². The summed E-state index contributed by atoms with van der Waals surface area (Å²) in [5, 5.41) is 0.713. The average Bonchev–Trinajstić information content (AvgIpc) is 3.39. The van der Waals surface area contributed by atoms with Gasteiger partial charge < -0.3 is 9.47 Å². The van der Waals surface area contributed by atoms with Gasteiger partial charge in [-0.25, -0.2) is 0 Å². The lowest BCUT2D eigenvalue weighted by Crippen LogP contribution is -2.28. The van der Waals surface area contributed by atoms with Gasteiger partial charge in [0.15, 0.2) is 16.7 Å². The number of amides is 1. The predicted octanol–water partition coefficient (Wildman–Crippen LogP) is 5.09. The molecule has 5 rings (SSSR count). The SMILES string of the molecule is O=C1/C(=C\c2ccc3c(c2)OCO3)SC(=NCc2ccccc2)N1Cc1ccccc1. The second-order valence-electron chi connectivity index (χ2n) is 7.18. The van der Waals surface area contributed by atoms with Crippen LogP contribution in [0.4, 0.5) is 0 Å². The Labute approximate surface area is 185 Å². The molecule has 0 saturated carbocycles. The number of nitrogens with zero attached hydrogens (tertiary/aromatic N) is 2. The second kappa shape index (κ2) is 8.70. The minimum Gasteiger partial charge on any atom is -0.454 e. The first-order valence-electron chi connectivity index (χ1n) is 10.00. The number of rotatable bonds is 5. The molecule has 0 aromatic heterocycles. The predicted molar refractivity (Wildman–Crippen MR) is 123 cm³/mol. The van der Waals surface area contributed by atoms with Gasteiger partial charge in [-0.2, -0.15) is 0 Å². The van der Waals surface area contributed by atoms with Crippen molar-refractivity contribution in [2.75, 3.05) is 6.79 Å². The Kier molecular flexibility index (Phi) is 5.46. The summed E-state index contributed by atoms with van der Waals surface area (Å²) in [5.74, 6) is 1.38. The van der Waals surface area contributed by atoms with E-state index in [-0.39, 0.29) is 12.7 Å². The summed E-state index contributed by atoms with van der Waals surface area (Å²) >= 11 is 1.41. The second-order valence-corrected chi connectivity index (χ2v) is 8.19. The lowest BCUT2D eigenvalue weighted by atomic mass is 10.2. The molecule has 1 fully saturated rings. The Bertz CT molecular complexity index is 1160. The quantitative estimate of drug-likeness (QED) is 0.532. The van der Waals surface area contributed by atoms with Gasteiger partial charge in [0.05, 0.1) is 18.0 Å². The number of ether oxygens (including phenoxy) is 2. The van der Waals surface area contributed by atoms with Crippen LogP contribution < -0.4 is 9.47 Å². The van der Waals surface area contributed by atoms with Crippen LogP contribution in [-0.4, -0.2) is 22.8 Å². The van der Waals surface area contributed by atoms with Gasteiger partial charge in [-0.05, 0) is 46.7 Å². The van der Waals surface area contributed by atoms with Crippen LogP contribution in [0, 0.1) is 0 Å². The van der Waals surface area contributed by atoms with Crippen molar-refractivity contribution >= 4 is 28.9 Å². The summed E-state index contributed by atoms with van der Waals surface area (Å²) in [5.41, 5.74) is 3.06. The molecule has 2 heterocycles. The smallest absolute Gasteiger partial charge is 0.267 e. The highest BCUT2D eigenvalue weighted by atomic mass is 32.2. The summed E-state index contributed by atoms with van der Waals surface area (Å²) in [6, 6.07) is 25.7. The number of carbonyl (C=O) groups is 1. The number of amidine groups is 1. The Morgan fingerprint density at radius 3 is 2.39 bits per heavy atom. The molecule has 0 spiro atoms. The zero-order chi connectivity index (χ0) is 21.0. The monoisotopic (exact) mass is 428 g/mol. The molecule has 2 aliphatic rings. The lowest BCUT2D eigenvalue weighted by molar-refractivity contribution is -0.122. The molecule has 0 unspecified atom stereocenters. The molecule has 0 atom stereocenters. The van der Waals surface area contributed by atoms with Gasteiger partial charge in [0.2, 0.25) is 6.79 Å². The van der Waals surface area contributed by atoms with Crippen molar-refractivity contribution in [2.45, 2.75) is 13.1 Å². The fourth-order valence-corrected chi connectivity index (χ4v) is 4.40. The number of carbonyl (C=O) groups excluding carboxylic acids is 1. The summed E-state index contributed by atoms with van der Waals surface area (Å²) in [7, 11) is 0. The van der Waals surface area contributed by atoms with Gasteiger partial charge in [-0.15, -0.1) is 0 Å². The first-order valence-corrected chi connectivity index (χ1v) is 10.8. The minimum absolute atomic E-state index is 0.0432. The third-order valence-corrected chi connectivity index (χ3v) is 6.05. The van der Waals surface area contributed by atoms with Crippen LogP contribution in [-0.2, 0) is 17.9 Å². The van der Waals surface area contributed by atoms with Crippen molar-refractivity contribution in [3.63, 3.8) is 0 Å². The van der Waals surface area contributed by atoms with Crippen LogP contribution in [0.2, 0.25) is 0 Å². The van der Waals surface area contributed by atoms with Gasteiger partial charge >= 0.3 is 0 Å². The zero-order valence-corrected chi connectivity index (χ0v) is 17.5. The maximum Gasteiger partial charge on any atom is 0.267 e. The van der Waals surface area contributed by atoms with E-state index in [1.807, 2.05) is 84.9 Å². The maximum absolute atomic E-state index is 13.3. The fraction of sp³-hybridized carbons (Fsp3) is 0.120. The molecule has 5 nitrogen and oxygen atoms in total. The molecule has 2 aliphatic heterocycles. The first kappa shape index (κ1) is 19.5. The highest BCUT2D eigenvalue weighted by Gasteiger charge is 2.33. The number of fused-ring (bicyclic) bond motifs is 1. The molecule has 3 aromatic carbocycles. The Morgan fingerprint density at radius 2 is 1.61 bits per heavy atom. The molecule has 1 saturated heterocycles. The van der Waals surface area contributed by atoms with Crippen molar-refractivity contribution < 1.29 is 14.3 Å². The molecular formula is C25H20N2O3S. The summed E-state index contributed by atoms with van der Waals surface area (Å²) in [6.07, 6.45) is 1.89. The molecule has 0 bridgehead atoms. The van der Waals surface area contributed by atoms with E-state index in [0.717, 1.165) is 22.4 Å². The molecule has 1 amide bonds. The molecule has 0 N–H and O–H groups in total. The molecule has 3 aromatic rings. The molecule has 0 aliphatic carbocycles. The number of hydrogen-bond acceptors (Lipinski definition) is 5. The Morgan fingerprint density at radius 1 is 0.903 bits per heavy atom. The number of thioether (sulfide) groups is 1. The lowest BCUT2D eigenvalue weighted by Gasteiger charge is -2.15. The van der Waals surface area contributed by atoms with Gasteiger partial charge in [0.1, 0.15) is 0 Å². The Hall–Kier alpha value is -3.51. The average molecular weight is 429 g/mol. The molecule has 154 valence electrons. The normalized spacial score (nSPS) is 17.7. The Balaban J connectivity index is 1.44. The molecular weight excluding hydrogens is 408 g/mol. The third-order valence-electron chi connectivity index (χ3n) is 5.01. The van der Waals surface area contributed by atoms with Crippen LogP contribution in [0.5, 0.6) is 11.5 Å². The summed E-state index contributed by atoms with van der Waals surface area (Å²) in [6.45, 7) is 1.24. The van der Waals surface area contributed by atoms with E-state index in [9.17, 15) is 4.79 Å². The van der Waals surface area contributed by atoms with Gasteiger partial charge in [0, 0.05) is 0 Å². The topological polar surface area (TPSA) is 51.1 Å². The van der Waals surface area contributed by atoms with Crippen LogP contribution in [0.25, 0.3) is 6.08 Å². The van der Waals surface area contributed by atoms with Crippen molar-refractivity contribution in [1.82, 2.24) is 4.90 Å². The van der Waals surface area contributed by atoms with Crippen LogP contribution >= 0.6 is 11.8 Å². The van der Waals surface area contributed by atoms with E-state index in [0.29, 0.717) is 28.9 Å². The van der Waals surface area contributed by atoms with Gasteiger partial charge in [0.25, 0.3) is 5.91 Å². The number of benzene rings is 3. The zero-order valence-electron chi connectivity index (χ0n) is 16.7. The number of hydrogen-bond donors (Lipinski definition) is 0. The van der Waals surface area contributed by atoms with Crippen molar-refractivity contribution in [3.05, 3.63) is 100 Å². The van der Waals surface area contributed by atoms with Gasteiger partial charge in [-0.3, -0.25) is 14.7 Å². The fourth-order valence-electron chi connectivity index (χ4n) is 3.43. The van der Waals surface area contributed by atoms with E-state index < -0.39 is 0 Å². The third kappa shape index (κ3) is 4.34.